The van der Waals surface area contributed by atoms with E-state index in [1.807, 2.05) is 23.5 Å². The van der Waals surface area contributed by atoms with E-state index in [0.717, 1.165) is 31.7 Å². The van der Waals surface area contributed by atoms with Crippen LogP contribution in [0.1, 0.15) is 10.4 Å². The predicted octanol–water partition coefficient (Wildman–Crippen LogP) is -0.747. The molecule has 1 aromatic heterocycles. The molecule has 0 radical (unpaired) electrons. The molecule has 2 fully saturated rings. The van der Waals surface area contributed by atoms with Crippen LogP contribution < -0.4 is 9.80 Å². The molecule has 0 saturated carbocycles. The van der Waals surface area contributed by atoms with Gasteiger partial charge in [-0.2, -0.15) is 4.31 Å². The molecule has 2 N–H and O–H groups in total. The molecule has 8 heteroatoms. The summed E-state index contributed by atoms with van der Waals surface area (Å²) in [5, 5.41) is 2.15. The molecule has 0 bridgehead atoms. The number of nitrogens with one attached hydrogen (secondary N) is 2. The van der Waals surface area contributed by atoms with Gasteiger partial charge in [0.25, 0.3) is 0 Å². The molecule has 0 unspecified atom stereocenters. The van der Waals surface area contributed by atoms with E-state index in [2.05, 4.69) is 23.6 Å². The SMILES string of the molecule is O=S(=O)(c1cccc(C[NH+]2CC[NH+](Cc3cccs3)CC2)c1)N1CCOCC1. The summed E-state index contributed by atoms with van der Waals surface area (Å²) in [6, 6.07) is 11.8. The first-order valence-electron chi connectivity index (χ1n) is 9.97. The maximum atomic E-state index is 12.9. The molecule has 2 saturated heterocycles. The molecular formula is C20H29N3O3S2+2. The van der Waals surface area contributed by atoms with E-state index >= 15 is 0 Å². The van der Waals surface area contributed by atoms with Crippen molar-refractivity contribution in [1.29, 1.82) is 0 Å². The Balaban J connectivity index is 1.35. The topological polar surface area (TPSA) is 55.5 Å². The summed E-state index contributed by atoms with van der Waals surface area (Å²) in [7, 11) is -3.42. The second kappa shape index (κ2) is 9.02. The predicted molar refractivity (Wildman–Crippen MR) is 109 cm³/mol. The van der Waals surface area contributed by atoms with E-state index in [9.17, 15) is 8.42 Å². The van der Waals surface area contributed by atoms with Gasteiger partial charge in [0.2, 0.25) is 10.0 Å². The minimum Gasteiger partial charge on any atom is -0.379 e. The number of ether oxygens (including phenoxy) is 1. The van der Waals surface area contributed by atoms with E-state index in [1.54, 1.807) is 11.0 Å². The Morgan fingerprint density at radius 3 is 2.36 bits per heavy atom. The molecule has 0 spiro atoms. The highest BCUT2D eigenvalue weighted by atomic mass is 32.2. The molecule has 4 rings (SSSR count). The fourth-order valence-corrected chi connectivity index (χ4v) is 6.27. The number of morpholine rings is 1. The summed E-state index contributed by atoms with van der Waals surface area (Å²) in [4.78, 5) is 5.05. The van der Waals surface area contributed by atoms with Crippen LogP contribution in [-0.2, 0) is 27.8 Å². The molecular weight excluding hydrogens is 394 g/mol. The van der Waals surface area contributed by atoms with E-state index in [0.29, 0.717) is 31.2 Å². The Labute approximate surface area is 171 Å². The van der Waals surface area contributed by atoms with Crippen molar-refractivity contribution < 1.29 is 23.0 Å². The van der Waals surface area contributed by atoms with Crippen molar-refractivity contribution in [2.24, 2.45) is 0 Å². The monoisotopic (exact) mass is 423 g/mol. The molecule has 3 heterocycles. The Hall–Kier alpha value is -1.29. The van der Waals surface area contributed by atoms with Crippen molar-refractivity contribution >= 4 is 21.4 Å². The third kappa shape index (κ3) is 4.82. The third-order valence-electron chi connectivity index (χ3n) is 5.63. The van der Waals surface area contributed by atoms with E-state index < -0.39 is 10.0 Å². The number of sulfonamides is 1. The minimum absolute atomic E-state index is 0.410. The minimum atomic E-state index is -3.42. The smallest absolute Gasteiger partial charge is 0.243 e. The lowest BCUT2D eigenvalue weighted by Gasteiger charge is -2.29. The summed E-state index contributed by atoms with van der Waals surface area (Å²) in [6.45, 7) is 8.42. The van der Waals surface area contributed by atoms with Crippen LogP contribution in [0.5, 0.6) is 0 Å². The number of quaternary nitrogens is 2. The number of benzene rings is 1. The van der Waals surface area contributed by atoms with E-state index in [-0.39, 0.29) is 0 Å². The number of hydrogen-bond acceptors (Lipinski definition) is 4. The van der Waals surface area contributed by atoms with Crippen LogP contribution in [0.15, 0.2) is 46.7 Å². The van der Waals surface area contributed by atoms with Gasteiger partial charge in [0.05, 0.1) is 23.0 Å². The van der Waals surface area contributed by atoms with Crippen molar-refractivity contribution in [3.05, 3.63) is 52.2 Å². The summed E-state index contributed by atoms with van der Waals surface area (Å²) < 4.78 is 32.6. The molecule has 0 atom stereocenters. The second-order valence-electron chi connectivity index (χ2n) is 7.60. The second-order valence-corrected chi connectivity index (χ2v) is 10.6. The van der Waals surface area contributed by atoms with Gasteiger partial charge in [-0.1, -0.05) is 18.2 Å². The zero-order chi connectivity index (χ0) is 19.4. The average Bonchev–Trinajstić information content (AvgIpc) is 3.23. The first kappa shape index (κ1) is 20.0. The molecule has 2 aromatic rings. The normalized spacial score (nSPS) is 24.3. The first-order chi connectivity index (χ1) is 13.6. The van der Waals surface area contributed by atoms with E-state index in [4.69, 9.17) is 4.74 Å². The lowest BCUT2D eigenvalue weighted by molar-refractivity contribution is -1.02. The molecule has 0 aliphatic carbocycles. The number of piperazine rings is 1. The fourth-order valence-electron chi connectivity index (χ4n) is 4.01. The van der Waals surface area contributed by atoms with Gasteiger partial charge in [0.15, 0.2) is 0 Å². The van der Waals surface area contributed by atoms with Crippen LogP contribution in [0.3, 0.4) is 0 Å². The maximum Gasteiger partial charge on any atom is 0.243 e. The number of nitrogens with zero attached hydrogens (tertiary/aromatic N) is 1. The van der Waals surface area contributed by atoms with Crippen LogP contribution in [-0.4, -0.2) is 65.2 Å². The van der Waals surface area contributed by atoms with Gasteiger partial charge in [-0.25, -0.2) is 8.42 Å². The largest absolute Gasteiger partial charge is 0.379 e. The number of rotatable bonds is 6. The molecule has 1 aromatic carbocycles. The van der Waals surface area contributed by atoms with Crippen molar-refractivity contribution in [1.82, 2.24) is 4.31 Å². The van der Waals surface area contributed by atoms with Gasteiger partial charge >= 0.3 is 0 Å². The fraction of sp³-hybridized carbons (Fsp3) is 0.500. The zero-order valence-corrected chi connectivity index (χ0v) is 17.7. The van der Waals surface area contributed by atoms with Crippen molar-refractivity contribution in [3.8, 4) is 0 Å². The summed E-state index contributed by atoms with van der Waals surface area (Å²) in [6.07, 6.45) is 0. The van der Waals surface area contributed by atoms with Crippen LogP contribution in [0, 0.1) is 0 Å². The summed E-state index contributed by atoms with van der Waals surface area (Å²) in [5.41, 5.74) is 1.10. The van der Waals surface area contributed by atoms with Gasteiger partial charge in [0, 0.05) is 18.7 Å². The van der Waals surface area contributed by atoms with Gasteiger partial charge in [-0.3, -0.25) is 0 Å². The maximum absolute atomic E-state index is 12.9. The van der Waals surface area contributed by atoms with Crippen molar-refractivity contribution in [3.63, 3.8) is 0 Å². The molecule has 6 nitrogen and oxygen atoms in total. The molecule has 0 amide bonds. The highest BCUT2D eigenvalue weighted by Gasteiger charge is 2.27. The lowest BCUT2D eigenvalue weighted by Crippen LogP contribution is -3.27. The Kier molecular flexibility index (Phi) is 6.45. The van der Waals surface area contributed by atoms with Crippen molar-refractivity contribution in [2.75, 3.05) is 52.5 Å². The van der Waals surface area contributed by atoms with Crippen molar-refractivity contribution in [2.45, 2.75) is 18.0 Å². The highest BCUT2D eigenvalue weighted by molar-refractivity contribution is 7.89. The number of thiophene rings is 1. The van der Waals surface area contributed by atoms with Gasteiger partial charge < -0.3 is 14.5 Å². The van der Waals surface area contributed by atoms with Gasteiger partial charge in [-0.05, 0) is 23.6 Å². The Bertz CT molecular complexity index is 857. The Morgan fingerprint density at radius 2 is 1.68 bits per heavy atom. The number of hydrogen-bond donors (Lipinski definition) is 2. The third-order valence-corrected chi connectivity index (χ3v) is 8.40. The van der Waals surface area contributed by atoms with Crippen LogP contribution in [0.2, 0.25) is 0 Å². The van der Waals surface area contributed by atoms with Gasteiger partial charge in [-0.15, -0.1) is 11.3 Å². The quantitative estimate of drug-likeness (QED) is 0.643. The van der Waals surface area contributed by atoms with E-state index in [1.165, 1.54) is 27.2 Å². The summed E-state index contributed by atoms with van der Waals surface area (Å²) >= 11 is 1.84. The van der Waals surface area contributed by atoms with Crippen LogP contribution in [0.25, 0.3) is 0 Å². The summed E-state index contributed by atoms with van der Waals surface area (Å²) in [5.74, 6) is 0. The molecule has 2 aliphatic heterocycles. The lowest BCUT2D eigenvalue weighted by atomic mass is 10.2. The zero-order valence-electron chi connectivity index (χ0n) is 16.1. The van der Waals surface area contributed by atoms with Gasteiger partial charge in [0.1, 0.15) is 39.3 Å². The molecule has 28 heavy (non-hydrogen) atoms. The Morgan fingerprint density at radius 1 is 0.964 bits per heavy atom. The first-order valence-corrected chi connectivity index (χ1v) is 12.3. The van der Waals surface area contributed by atoms with Crippen LogP contribution in [0.4, 0.5) is 0 Å². The standard InChI is InChI=1S/C20H27N3O3S2/c24-28(25,23-10-12-26-13-11-23)20-5-1-3-18(15-20)16-21-6-8-22(9-7-21)17-19-4-2-14-27-19/h1-5,14-15H,6-13,16-17H2/p+2. The highest BCUT2D eigenvalue weighted by Crippen LogP contribution is 2.18. The van der Waals surface area contributed by atoms with Crippen LogP contribution >= 0.6 is 11.3 Å². The average molecular weight is 424 g/mol. The molecule has 2 aliphatic rings. The molecule has 152 valence electrons.